The molecule has 5 heteroatoms. The van der Waals surface area contributed by atoms with E-state index < -0.39 is 0 Å². The average molecular weight is 407 g/mol. The predicted octanol–water partition coefficient (Wildman–Crippen LogP) is 4.66. The number of halogens is 1. The minimum absolute atomic E-state index is 0.0836. The third-order valence-corrected chi connectivity index (χ3v) is 7.06. The molecule has 3 heterocycles. The lowest BCUT2D eigenvalue weighted by molar-refractivity contribution is 0.0576. The maximum Gasteiger partial charge on any atom is 0.261 e. The van der Waals surface area contributed by atoms with E-state index in [4.69, 9.17) is 0 Å². The molecule has 2 atom stereocenters. The first kappa shape index (κ1) is 16.6. The standard InChI is InChI=1S/C19H23BrN2OS/c20-15-6-7-17-14(10-15)11-18(24-17)19(23)21-12-13-4-3-9-22-8-2-1-5-16(13)22/h6-7,10-11,13,16H,1-5,8-9,12H2,(H,21,23)/t13-,16-/m1/s1. The number of hydrogen-bond donors (Lipinski definition) is 1. The minimum atomic E-state index is 0.0836. The van der Waals surface area contributed by atoms with Gasteiger partial charge in [-0.3, -0.25) is 4.79 Å². The molecule has 1 amide bonds. The second-order valence-electron chi connectivity index (χ2n) is 7.00. The van der Waals surface area contributed by atoms with Crippen LogP contribution in [0.2, 0.25) is 0 Å². The number of carbonyl (C=O) groups excluding carboxylic acids is 1. The van der Waals surface area contributed by atoms with Gasteiger partial charge in [-0.25, -0.2) is 0 Å². The number of fused-ring (bicyclic) bond motifs is 2. The molecule has 1 aromatic carbocycles. The van der Waals surface area contributed by atoms with Crippen molar-refractivity contribution in [3.63, 3.8) is 0 Å². The van der Waals surface area contributed by atoms with E-state index in [0.717, 1.165) is 21.3 Å². The summed E-state index contributed by atoms with van der Waals surface area (Å²) in [6.07, 6.45) is 6.51. The first-order valence-electron chi connectivity index (χ1n) is 8.92. The first-order valence-corrected chi connectivity index (χ1v) is 10.5. The van der Waals surface area contributed by atoms with Crippen LogP contribution in [0.25, 0.3) is 10.1 Å². The highest BCUT2D eigenvalue weighted by Crippen LogP contribution is 2.31. The van der Waals surface area contributed by atoms with Crippen LogP contribution in [0.5, 0.6) is 0 Å². The highest BCUT2D eigenvalue weighted by Gasteiger charge is 2.33. The van der Waals surface area contributed by atoms with Gasteiger partial charge >= 0.3 is 0 Å². The number of hydrogen-bond acceptors (Lipinski definition) is 3. The summed E-state index contributed by atoms with van der Waals surface area (Å²) in [6.45, 7) is 3.32. The van der Waals surface area contributed by atoms with Crippen molar-refractivity contribution >= 4 is 43.3 Å². The van der Waals surface area contributed by atoms with Crippen molar-refractivity contribution in [3.05, 3.63) is 33.6 Å². The van der Waals surface area contributed by atoms with Crippen molar-refractivity contribution in [1.82, 2.24) is 10.2 Å². The van der Waals surface area contributed by atoms with Gasteiger partial charge in [0.15, 0.2) is 0 Å². The van der Waals surface area contributed by atoms with Crippen molar-refractivity contribution in [1.29, 1.82) is 0 Å². The number of carbonyl (C=O) groups is 1. The Morgan fingerprint density at radius 2 is 2.08 bits per heavy atom. The molecule has 2 aliphatic heterocycles. The van der Waals surface area contributed by atoms with Gasteiger partial charge in [0.25, 0.3) is 5.91 Å². The molecule has 2 aliphatic rings. The normalized spacial score (nSPS) is 24.7. The predicted molar refractivity (Wildman–Crippen MR) is 104 cm³/mol. The number of nitrogens with zero attached hydrogens (tertiary/aromatic N) is 1. The Morgan fingerprint density at radius 3 is 3.00 bits per heavy atom. The van der Waals surface area contributed by atoms with E-state index >= 15 is 0 Å². The fourth-order valence-corrected chi connectivity index (χ4v) is 5.59. The van der Waals surface area contributed by atoms with Gasteiger partial charge in [-0.15, -0.1) is 11.3 Å². The summed E-state index contributed by atoms with van der Waals surface area (Å²) < 4.78 is 2.22. The van der Waals surface area contributed by atoms with E-state index in [9.17, 15) is 4.79 Å². The molecule has 0 bridgehead atoms. The molecule has 0 radical (unpaired) electrons. The largest absolute Gasteiger partial charge is 0.351 e. The summed E-state index contributed by atoms with van der Waals surface area (Å²) in [4.78, 5) is 16.0. The number of rotatable bonds is 3. The third-order valence-electron chi connectivity index (χ3n) is 5.46. The van der Waals surface area contributed by atoms with Gasteiger partial charge in [0.2, 0.25) is 0 Å². The van der Waals surface area contributed by atoms with Gasteiger partial charge < -0.3 is 10.2 Å². The molecule has 1 N–H and O–H groups in total. The van der Waals surface area contributed by atoms with Crippen molar-refractivity contribution in [2.45, 2.75) is 38.1 Å². The summed E-state index contributed by atoms with van der Waals surface area (Å²) in [7, 11) is 0. The van der Waals surface area contributed by atoms with E-state index in [-0.39, 0.29) is 5.91 Å². The molecule has 3 nitrogen and oxygen atoms in total. The molecule has 0 spiro atoms. The molecule has 2 aromatic rings. The second kappa shape index (κ2) is 7.14. The van der Waals surface area contributed by atoms with Crippen molar-refractivity contribution < 1.29 is 4.79 Å². The van der Waals surface area contributed by atoms with E-state index in [1.54, 1.807) is 11.3 Å². The quantitative estimate of drug-likeness (QED) is 0.803. The van der Waals surface area contributed by atoms with Crippen LogP contribution in [-0.4, -0.2) is 36.5 Å². The summed E-state index contributed by atoms with van der Waals surface area (Å²) in [5.74, 6) is 0.701. The number of amides is 1. The van der Waals surface area contributed by atoms with Crippen molar-refractivity contribution in [2.24, 2.45) is 5.92 Å². The molecule has 2 fully saturated rings. The van der Waals surface area contributed by atoms with Crippen LogP contribution in [0, 0.1) is 5.92 Å². The number of benzene rings is 1. The van der Waals surface area contributed by atoms with Gasteiger partial charge in [-0.1, -0.05) is 22.4 Å². The molecule has 0 saturated carbocycles. The summed E-state index contributed by atoms with van der Waals surface area (Å²) >= 11 is 5.07. The second-order valence-corrected chi connectivity index (χ2v) is 9.00. The molecule has 2 saturated heterocycles. The van der Waals surface area contributed by atoms with E-state index in [1.165, 1.54) is 49.9 Å². The molecule has 128 valence electrons. The van der Waals surface area contributed by atoms with Gasteiger partial charge in [0.1, 0.15) is 0 Å². The average Bonchev–Trinajstić information content (AvgIpc) is 3.03. The van der Waals surface area contributed by atoms with Crippen LogP contribution in [0.4, 0.5) is 0 Å². The fraction of sp³-hybridized carbons (Fsp3) is 0.526. The maximum atomic E-state index is 12.6. The van der Waals surface area contributed by atoms with Crippen LogP contribution in [-0.2, 0) is 0 Å². The lowest BCUT2D eigenvalue weighted by atomic mass is 9.83. The zero-order valence-electron chi connectivity index (χ0n) is 13.8. The van der Waals surface area contributed by atoms with Gasteiger partial charge in [0, 0.05) is 21.8 Å². The Morgan fingerprint density at radius 1 is 1.21 bits per heavy atom. The van der Waals surface area contributed by atoms with E-state index in [2.05, 4.69) is 38.3 Å². The Kier molecular flexibility index (Phi) is 4.93. The number of piperidine rings is 2. The van der Waals surface area contributed by atoms with Crippen LogP contribution >= 0.6 is 27.3 Å². The smallest absolute Gasteiger partial charge is 0.261 e. The van der Waals surface area contributed by atoms with Crippen LogP contribution in [0.15, 0.2) is 28.7 Å². The minimum Gasteiger partial charge on any atom is -0.351 e. The number of thiophene rings is 1. The Bertz CT molecular complexity index is 742. The lowest BCUT2D eigenvalue weighted by Gasteiger charge is -2.44. The number of nitrogens with one attached hydrogen (secondary N) is 1. The molecule has 0 unspecified atom stereocenters. The van der Waals surface area contributed by atoms with Crippen molar-refractivity contribution in [2.75, 3.05) is 19.6 Å². The maximum absolute atomic E-state index is 12.6. The van der Waals surface area contributed by atoms with Crippen LogP contribution in [0.1, 0.15) is 41.8 Å². The van der Waals surface area contributed by atoms with Crippen LogP contribution < -0.4 is 5.32 Å². The molecular formula is C19H23BrN2OS. The zero-order chi connectivity index (χ0) is 16.5. The van der Waals surface area contributed by atoms with E-state index in [0.29, 0.717) is 12.0 Å². The Hall–Kier alpha value is -0.910. The molecule has 0 aliphatic carbocycles. The summed E-state index contributed by atoms with van der Waals surface area (Å²) in [5.41, 5.74) is 0. The Balaban J connectivity index is 1.41. The fourth-order valence-electron chi connectivity index (χ4n) is 4.25. The monoisotopic (exact) mass is 406 g/mol. The zero-order valence-corrected chi connectivity index (χ0v) is 16.2. The highest BCUT2D eigenvalue weighted by molar-refractivity contribution is 9.10. The lowest BCUT2D eigenvalue weighted by Crippen LogP contribution is -2.50. The highest BCUT2D eigenvalue weighted by atomic mass is 79.9. The summed E-state index contributed by atoms with van der Waals surface area (Å²) in [6, 6.07) is 8.87. The summed E-state index contributed by atoms with van der Waals surface area (Å²) in [5, 5.41) is 4.35. The molecule has 1 aromatic heterocycles. The van der Waals surface area contributed by atoms with Crippen LogP contribution in [0.3, 0.4) is 0 Å². The first-order chi connectivity index (χ1) is 11.7. The van der Waals surface area contributed by atoms with Crippen molar-refractivity contribution in [3.8, 4) is 0 Å². The third kappa shape index (κ3) is 3.39. The molecule has 4 rings (SSSR count). The van der Waals surface area contributed by atoms with Gasteiger partial charge in [-0.2, -0.15) is 0 Å². The van der Waals surface area contributed by atoms with Gasteiger partial charge in [-0.05, 0) is 74.3 Å². The van der Waals surface area contributed by atoms with Gasteiger partial charge in [0.05, 0.1) is 4.88 Å². The molecular weight excluding hydrogens is 384 g/mol. The van der Waals surface area contributed by atoms with E-state index in [1.807, 2.05) is 12.1 Å². The molecule has 24 heavy (non-hydrogen) atoms. The SMILES string of the molecule is O=C(NC[C@H]1CCCN2CCCC[C@H]12)c1cc2cc(Br)ccc2s1. The Labute approximate surface area is 155 Å². The topological polar surface area (TPSA) is 32.3 Å².